The average Bonchev–Trinajstić information content (AvgIpc) is 2.73. The molecule has 2 aromatic rings. The quantitative estimate of drug-likeness (QED) is 0.584. The molecule has 4 nitrogen and oxygen atoms in total. The van der Waals surface area contributed by atoms with Crippen LogP contribution in [0.5, 0.6) is 0 Å². The second kappa shape index (κ2) is 11.2. The van der Waals surface area contributed by atoms with Gasteiger partial charge in [0.05, 0.1) is 10.0 Å². The third-order valence-corrected chi connectivity index (χ3v) is 5.65. The summed E-state index contributed by atoms with van der Waals surface area (Å²) in [5.74, 6) is -0.235. The molecule has 0 aliphatic heterocycles. The molecule has 2 aromatic carbocycles. The molecule has 2 rings (SSSR count). The van der Waals surface area contributed by atoms with Gasteiger partial charge in [0.1, 0.15) is 6.04 Å². The fourth-order valence-corrected chi connectivity index (χ4v) is 3.35. The molecule has 0 radical (unpaired) electrons. The Kier molecular flexibility index (Phi) is 8.99. The lowest BCUT2D eigenvalue weighted by Crippen LogP contribution is -2.52. The van der Waals surface area contributed by atoms with Crippen LogP contribution in [0.1, 0.15) is 44.7 Å². The molecule has 0 saturated heterocycles. The Hall–Kier alpha value is -2.04. The van der Waals surface area contributed by atoms with E-state index in [9.17, 15) is 9.59 Å². The molecule has 0 aliphatic carbocycles. The van der Waals surface area contributed by atoms with Crippen molar-refractivity contribution in [2.24, 2.45) is 0 Å². The molecule has 1 N–H and O–H groups in total. The SMILES string of the molecule is CCC(=O)N(Cc1ccc(Cl)c(Cl)c1)[C@H](Cc1ccccc1)C(=O)N[C@@H](C)CC. The summed E-state index contributed by atoms with van der Waals surface area (Å²) in [5, 5.41) is 3.92. The van der Waals surface area contributed by atoms with Crippen LogP contribution in [0.2, 0.25) is 10.0 Å². The van der Waals surface area contributed by atoms with Crippen LogP contribution in [0.4, 0.5) is 0 Å². The van der Waals surface area contributed by atoms with E-state index in [1.807, 2.05) is 50.2 Å². The van der Waals surface area contributed by atoms with Gasteiger partial charge in [-0.05, 0) is 36.6 Å². The Morgan fingerprint density at radius 1 is 1.00 bits per heavy atom. The molecule has 0 aromatic heterocycles. The Balaban J connectivity index is 2.37. The highest BCUT2D eigenvalue weighted by molar-refractivity contribution is 6.42. The summed E-state index contributed by atoms with van der Waals surface area (Å²) in [4.78, 5) is 27.6. The molecule has 6 heteroatoms. The molecule has 2 amide bonds. The number of hydrogen-bond acceptors (Lipinski definition) is 2. The molecule has 0 bridgehead atoms. The van der Waals surface area contributed by atoms with Gasteiger partial charge in [0.15, 0.2) is 0 Å². The topological polar surface area (TPSA) is 49.4 Å². The highest BCUT2D eigenvalue weighted by Crippen LogP contribution is 2.24. The van der Waals surface area contributed by atoms with Crippen molar-refractivity contribution in [1.82, 2.24) is 10.2 Å². The number of carbonyl (C=O) groups excluding carboxylic acids is 2. The number of rotatable bonds is 9. The second-order valence-electron chi connectivity index (χ2n) is 7.15. The Bertz CT molecular complexity index is 827. The molecule has 0 spiro atoms. The fraction of sp³-hybridized carbons (Fsp3) is 0.391. The van der Waals surface area contributed by atoms with E-state index in [1.165, 1.54) is 0 Å². The third kappa shape index (κ3) is 6.76. The average molecular weight is 435 g/mol. The molecule has 156 valence electrons. The summed E-state index contributed by atoms with van der Waals surface area (Å²) in [5.41, 5.74) is 1.83. The number of nitrogens with one attached hydrogen (secondary N) is 1. The summed E-state index contributed by atoms with van der Waals surface area (Å²) in [7, 11) is 0. The maximum atomic E-state index is 13.1. The summed E-state index contributed by atoms with van der Waals surface area (Å²) >= 11 is 12.2. The smallest absolute Gasteiger partial charge is 0.243 e. The van der Waals surface area contributed by atoms with Crippen molar-refractivity contribution in [3.05, 3.63) is 69.7 Å². The van der Waals surface area contributed by atoms with Crippen molar-refractivity contribution >= 4 is 35.0 Å². The van der Waals surface area contributed by atoms with Gasteiger partial charge in [0, 0.05) is 25.4 Å². The van der Waals surface area contributed by atoms with E-state index in [-0.39, 0.29) is 24.4 Å². The second-order valence-corrected chi connectivity index (χ2v) is 7.96. The predicted molar refractivity (Wildman–Crippen MR) is 119 cm³/mol. The van der Waals surface area contributed by atoms with Gasteiger partial charge in [-0.2, -0.15) is 0 Å². The molecule has 0 unspecified atom stereocenters. The van der Waals surface area contributed by atoms with Crippen molar-refractivity contribution in [2.75, 3.05) is 0 Å². The maximum absolute atomic E-state index is 13.1. The number of hydrogen-bond donors (Lipinski definition) is 1. The van der Waals surface area contributed by atoms with Crippen molar-refractivity contribution in [3.63, 3.8) is 0 Å². The van der Waals surface area contributed by atoms with Gasteiger partial charge in [0.2, 0.25) is 11.8 Å². The Labute approximate surface area is 183 Å². The van der Waals surface area contributed by atoms with Gasteiger partial charge in [0.25, 0.3) is 0 Å². The summed E-state index contributed by atoms with van der Waals surface area (Å²) in [6.07, 6.45) is 1.57. The van der Waals surface area contributed by atoms with Crippen LogP contribution in [0.3, 0.4) is 0 Å². The standard InChI is InChI=1S/C23H28Cl2N2O2/c1-4-16(3)26-23(29)21(14-17-9-7-6-8-10-17)27(22(28)5-2)15-18-11-12-19(24)20(25)13-18/h6-13,16,21H,4-5,14-15H2,1-3H3,(H,26,29)/t16-,21+/m0/s1. The van der Waals surface area contributed by atoms with Crippen molar-refractivity contribution < 1.29 is 9.59 Å². The van der Waals surface area contributed by atoms with Crippen LogP contribution in [-0.2, 0) is 22.6 Å². The van der Waals surface area contributed by atoms with Crippen molar-refractivity contribution in [2.45, 2.75) is 58.7 Å². The number of nitrogens with zero attached hydrogens (tertiary/aromatic N) is 1. The zero-order valence-corrected chi connectivity index (χ0v) is 18.6. The summed E-state index contributed by atoms with van der Waals surface area (Å²) in [6, 6.07) is 14.4. The van der Waals surface area contributed by atoms with Crippen LogP contribution in [0.25, 0.3) is 0 Å². The van der Waals surface area contributed by atoms with Gasteiger partial charge in [-0.1, -0.05) is 73.4 Å². The Morgan fingerprint density at radius 3 is 2.28 bits per heavy atom. The summed E-state index contributed by atoms with van der Waals surface area (Å²) in [6.45, 7) is 6.07. The maximum Gasteiger partial charge on any atom is 0.243 e. The monoisotopic (exact) mass is 434 g/mol. The van der Waals surface area contributed by atoms with Crippen LogP contribution < -0.4 is 5.32 Å². The van der Waals surface area contributed by atoms with E-state index in [1.54, 1.807) is 24.0 Å². The lowest BCUT2D eigenvalue weighted by molar-refractivity contribution is -0.141. The summed E-state index contributed by atoms with van der Waals surface area (Å²) < 4.78 is 0. The van der Waals surface area contributed by atoms with E-state index in [2.05, 4.69) is 5.32 Å². The molecule has 0 heterocycles. The number of carbonyl (C=O) groups is 2. The van der Waals surface area contributed by atoms with E-state index >= 15 is 0 Å². The molecule has 0 fully saturated rings. The van der Waals surface area contributed by atoms with Crippen LogP contribution in [0.15, 0.2) is 48.5 Å². The third-order valence-electron chi connectivity index (χ3n) is 4.91. The minimum atomic E-state index is -0.617. The normalized spacial score (nSPS) is 12.9. The molecule has 0 saturated carbocycles. The minimum absolute atomic E-state index is 0.0318. The Morgan fingerprint density at radius 2 is 1.69 bits per heavy atom. The fourth-order valence-electron chi connectivity index (χ4n) is 3.03. The van der Waals surface area contributed by atoms with E-state index in [0.717, 1.165) is 17.5 Å². The number of benzene rings is 2. The largest absolute Gasteiger partial charge is 0.352 e. The predicted octanol–water partition coefficient (Wildman–Crippen LogP) is 5.26. The van der Waals surface area contributed by atoms with E-state index < -0.39 is 6.04 Å². The van der Waals surface area contributed by atoms with Gasteiger partial charge >= 0.3 is 0 Å². The molecular formula is C23H28Cl2N2O2. The van der Waals surface area contributed by atoms with Crippen LogP contribution >= 0.6 is 23.2 Å². The lowest BCUT2D eigenvalue weighted by Gasteiger charge is -2.32. The first-order valence-electron chi connectivity index (χ1n) is 9.93. The first-order chi connectivity index (χ1) is 13.8. The van der Waals surface area contributed by atoms with Gasteiger partial charge in [-0.15, -0.1) is 0 Å². The number of halogens is 2. The molecular weight excluding hydrogens is 407 g/mol. The molecule has 0 aliphatic rings. The van der Waals surface area contributed by atoms with Crippen LogP contribution in [-0.4, -0.2) is 28.8 Å². The lowest BCUT2D eigenvalue weighted by atomic mass is 10.0. The van der Waals surface area contributed by atoms with Gasteiger partial charge in [-0.25, -0.2) is 0 Å². The van der Waals surface area contributed by atoms with Crippen LogP contribution in [0, 0.1) is 0 Å². The zero-order valence-electron chi connectivity index (χ0n) is 17.1. The molecule has 2 atom stereocenters. The first-order valence-corrected chi connectivity index (χ1v) is 10.7. The highest BCUT2D eigenvalue weighted by atomic mass is 35.5. The number of amides is 2. The van der Waals surface area contributed by atoms with E-state index in [0.29, 0.717) is 22.9 Å². The van der Waals surface area contributed by atoms with Gasteiger partial charge < -0.3 is 10.2 Å². The van der Waals surface area contributed by atoms with Crippen molar-refractivity contribution in [3.8, 4) is 0 Å². The minimum Gasteiger partial charge on any atom is -0.352 e. The van der Waals surface area contributed by atoms with Crippen molar-refractivity contribution in [1.29, 1.82) is 0 Å². The highest BCUT2D eigenvalue weighted by Gasteiger charge is 2.30. The van der Waals surface area contributed by atoms with Gasteiger partial charge in [-0.3, -0.25) is 9.59 Å². The molecule has 29 heavy (non-hydrogen) atoms. The zero-order chi connectivity index (χ0) is 21.4. The first kappa shape index (κ1) is 23.2. The van der Waals surface area contributed by atoms with E-state index in [4.69, 9.17) is 23.2 Å².